The van der Waals surface area contributed by atoms with Gasteiger partial charge in [0.1, 0.15) is 16.5 Å². The van der Waals surface area contributed by atoms with Gasteiger partial charge < -0.3 is 10.4 Å². The van der Waals surface area contributed by atoms with Crippen LogP contribution in [0.15, 0.2) is 42.8 Å². The SMILES string of the molecule is C=C(O)Cn1cc(C(C)NC(=O)CSCc2nc3ccccc3s2)nn1.CC. The molecule has 0 aliphatic heterocycles. The normalized spacial score (nSPS) is 11.5. The Kier molecular flexibility index (Phi) is 8.46. The first-order chi connectivity index (χ1) is 13.5. The van der Waals surface area contributed by atoms with Gasteiger partial charge >= 0.3 is 0 Å². The monoisotopic (exact) mass is 419 g/mol. The summed E-state index contributed by atoms with van der Waals surface area (Å²) in [5.74, 6) is 0.992. The Morgan fingerprint density at radius 2 is 2.14 bits per heavy atom. The molecule has 3 rings (SSSR count). The number of amides is 1. The number of hydrogen-bond acceptors (Lipinski definition) is 7. The van der Waals surface area contributed by atoms with Crippen LogP contribution in [-0.4, -0.2) is 36.7 Å². The Hall–Kier alpha value is -2.39. The number of aliphatic hydroxyl groups is 1. The predicted octanol–water partition coefficient (Wildman–Crippen LogP) is 4.10. The zero-order valence-electron chi connectivity index (χ0n) is 16.3. The first-order valence-corrected chi connectivity index (χ1v) is 11.0. The molecule has 0 saturated carbocycles. The van der Waals surface area contributed by atoms with Crippen molar-refractivity contribution in [3.05, 3.63) is 53.5 Å². The number of thiazole rings is 1. The van der Waals surface area contributed by atoms with Crippen LogP contribution >= 0.6 is 23.1 Å². The Balaban J connectivity index is 0.00000136. The van der Waals surface area contributed by atoms with E-state index >= 15 is 0 Å². The Bertz CT molecular complexity index is 889. The van der Waals surface area contributed by atoms with E-state index in [9.17, 15) is 9.90 Å². The van der Waals surface area contributed by atoms with Gasteiger partial charge in [0.15, 0.2) is 0 Å². The third kappa shape index (κ3) is 6.35. The van der Waals surface area contributed by atoms with Crippen LogP contribution in [0, 0.1) is 0 Å². The van der Waals surface area contributed by atoms with Crippen LogP contribution in [0.2, 0.25) is 0 Å². The number of carbonyl (C=O) groups is 1. The van der Waals surface area contributed by atoms with Crippen molar-refractivity contribution in [3.8, 4) is 0 Å². The first-order valence-electron chi connectivity index (χ1n) is 8.99. The largest absolute Gasteiger partial charge is 0.511 e. The maximum atomic E-state index is 12.1. The van der Waals surface area contributed by atoms with Crippen LogP contribution in [-0.2, 0) is 17.1 Å². The summed E-state index contributed by atoms with van der Waals surface area (Å²) in [5, 5.41) is 21.0. The molecule has 0 spiro atoms. The summed E-state index contributed by atoms with van der Waals surface area (Å²) >= 11 is 3.19. The molecule has 2 aromatic heterocycles. The van der Waals surface area contributed by atoms with Gasteiger partial charge in [-0.3, -0.25) is 4.79 Å². The smallest absolute Gasteiger partial charge is 0.230 e. The summed E-state index contributed by atoms with van der Waals surface area (Å²) in [4.78, 5) is 16.7. The Morgan fingerprint density at radius 1 is 1.39 bits per heavy atom. The number of para-hydroxylation sites is 1. The minimum atomic E-state index is -0.258. The van der Waals surface area contributed by atoms with Crippen LogP contribution in [0.25, 0.3) is 10.2 Å². The zero-order valence-corrected chi connectivity index (χ0v) is 17.9. The van der Waals surface area contributed by atoms with E-state index in [0.29, 0.717) is 17.2 Å². The highest BCUT2D eigenvalue weighted by atomic mass is 32.2. The topological polar surface area (TPSA) is 92.9 Å². The lowest BCUT2D eigenvalue weighted by Crippen LogP contribution is -2.28. The highest BCUT2D eigenvalue weighted by molar-refractivity contribution is 7.99. The molecule has 1 unspecified atom stereocenters. The van der Waals surface area contributed by atoms with Gasteiger partial charge in [0.05, 0.1) is 34.8 Å². The zero-order chi connectivity index (χ0) is 20.5. The molecule has 1 atom stereocenters. The molecule has 1 aromatic carbocycles. The van der Waals surface area contributed by atoms with Crippen LogP contribution in [0.3, 0.4) is 0 Å². The summed E-state index contributed by atoms with van der Waals surface area (Å²) in [6.07, 6.45) is 1.68. The number of aliphatic hydroxyl groups excluding tert-OH is 1. The van der Waals surface area contributed by atoms with Crippen molar-refractivity contribution in [2.24, 2.45) is 0 Å². The molecule has 28 heavy (non-hydrogen) atoms. The fourth-order valence-electron chi connectivity index (χ4n) is 2.35. The van der Waals surface area contributed by atoms with Gasteiger partial charge in [0, 0.05) is 5.75 Å². The van der Waals surface area contributed by atoms with E-state index in [-0.39, 0.29) is 24.3 Å². The van der Waals surface area contributed by atoms with Gasteiger partial charge in [-0.05, 0) is 19.1 Å². The van der Waals surface area contributed by atoms with Crippen LogP contribution in [0.5, 0.6) is 0 Å². The Labute approximate surface area is 172 Å². The van der Waals surface area contributed by atoms with E-state index in [0.717, 1.165) is 15.2 Å². The van der Waals surface area contributed by atoms with Crippen LogP contribution in [0.4, 0.5) is 0 Å². The number of fused-ring (bicyclic) bond motifs is 1. The number of rotatable bonds is 8. The molecule has 7 nitrogen and oxygen atoms in total. The van der Waals surface area contributed by atoms with Crippen molar-refractivity contribution >= 4 is 39.2 Å². The van der Waals surface area contributed by atoms with Crippen molar-refractivity contribution in [2.45, 2.75) is 39.1 Å². The van der Waals surface area contributed by atoms with Gasteiger partial charge in [-0.15, -0.1) is 28.2 Å². The predicted molar refractivity (Wildman–Crippen MR) is 115 cm³/mol. The van der Waals surface area contributed by atoms with Crippen molar-refractivity contribution < 1.29 is 9.90 Å². The molecule has 0 radical (unpaired) electrons. The van der Waals surface area contributed by atoms with E-state index < -0.39 is 0 Å². The van der Waals surface area contributed by atoms with E-state index in [4.69, 9.17) is 0 Å². The molecule has 0 saturated heterocycles. The first kappa shape index (κ1) is 21.9. The lowest BCUT2D eigenvalue weighted by molar-refractivity contribution is -0.119. The van der Waals surface area contributed by atoms with Gasteiger partial charge in [-0.1, -0.05) is 37.8 Å². The summed E-state index contributed by atoms with van der Waals surface area (Å²) in [6, 6.07) is 7.76. The molecular formula is C19H25N5O2S2. The molecule has 9 heteroatoms. The second kappa shape index (κ2) is 10.8. The third-order valence-corrected chi connectivity index (χ3v) is 5.68. The van der Waals surface area contributed by atoms with Crippen molar-refractivity contribution in [1.29, 1.82) is 0 Å². The quantitative estimate of drug-likeness (QED) is 0.534. The van der Waals surface area contributed by atoms with Crippen LogP contribution in [0.1, 0.15) is 37.5 Å². The van der Waals surface area contributed by atoms with Crippen LogP contribution < -0.4 is 5.32 Å². The molecule has 0 bridgehead atoms. The lowest BCUT2D eigenvalue weighted by Gasteiger charge is -2.10. The molecule has 0 aliphatic carbocycles. The molecule has 150 valence electrons. The number of benzene rings is 1. The van der Waals surface area contributed by atoms with E-state index in [1.807, 2.05) is 39.0 Å². The molecule has 0 fully saturated rings. The van der Waals surface area contributed by atoms with Gasteiger partial charge in [-0.25, -0.2) is 9.67 Å². The molecule has 3 aromatic rings. The fourth-order valence-corrected chi connectivity index (χ4v) is 4.20. The minimum Gasteiger partial charge on any atom is -0.511 e. The molecule has 2 N–H and O–H groups in total. The third-order valence-electron chi connectivity index (χ3n) is 3.52. The van der Waals surface area contributed by atoms with Gasteiger partial charge in [0.2, 0.25) is 5.91 Å². The average Bonchev–Trinajstić information content (AvgIpc) is 3.29. The molecule has 0 aliphatic rings. The number of nitrogens with zero attached hydrogens (tertiary/aromatic N) is 4. The lowest BCUT2D eigenvalue weighted by atomic mass is 10.2. The summed E-state index contributed by atoms with van der Waals surface area (Å²) < 4.78 is 2.64. The second-order valence-electron chi connectivity index (χ2n) is 5.76. The highest BCUT2D eigenvalue weighted by Crippen LogP contribution is 2.24. The molecule has 2 heterocycles. The maximum Gasteiger partial charge on any atom is 0.230 e. The highest BCUT2D eigenvalue weighted by Gasteiger charge is 2.14. The van der Waals surface area contributed by atoms with Crippen molar-refractivity contribution in [2.75, 3.05) is 5.75 Å². The van der Waals surface area contributed by atoms with Gasteiger partial charge in [0.25, 0.3) is 0 Å². The number of thioether (sulfide) groups is 1. The molecular weight excluding hydrogens is 394 g/mol. The number of allylic oxidation sites excluding steroid dienone is 1. The molecule has 1 amide bonds. The van der Waals surface area contributed by atoms with Gasteiger partial charge in [-0.2, -0.15) is 0 Å². The number of carbonyl (C=O) groups excluding carboxylic acids is 1. The van der Waals surface area contributed by atoms with E-state index in [1.165, 1.54) is 16.4 Å². The maximum absolute atomic E-state index is 12.1. The van der Waals surface area contributed by atoms with Crippen molar-refractivity contribution in [3.63, 3.8) is 0 Å². The van der Waals surface area contributed by atoms with Crippen molar-refractivity contribution in [1.82, 2.24) is 25.3 Å². The summed E-state index contributed by atoms with van der Waals surface area (Å²) in [6.45, 7) is 9.45. The van der Waals surface area contributed by atoms with E-state index in [1.54, 1.807) is 17.5 Å². The number of nitrogens with one attached hydrogen (secondary N) is 1. The van der Waals surface area contributed by atoms with E-state index in [2.05, 4.69) is 33.3 Å². The minimum absolute atomic E-state index is 0.00406. The fraction of sp³-hybridized carbons (Fsp3) is 0.368. The summed E-state index contributed by atoms with van der Waals surface area (Å²) in [5.41, 5.74) is 1.63. The average molecular weight is 420 g/mol. The second-order valence-corrected chi connectivity index (χ2v) is 7.87. The summed E-state index contributed by atoms with van der Waals surface area (Å²) in [7, 11) is 0. The number of hydrogen-bond donors (Lipinski definition) is 2. The number of aromatic nitrogens is 4. The standard InChI is InChI=1S/C17H19N5O2S2.C2H6/c1-11(23)7-22-8-14(20-21-22)12(2)18-16(24)9-25-10-17-19-13-5-3-4-6-15(13)26-17;1-2/h3-6,8,12,23H,1,7,9-10H2,2H3,(H,18,24);1-2H3. The Morgan fingerprint density at radius 3 is 2.86 bits per heavy atom.